The average molecular weight is 281 g/mol. The number of hydrogen-bond acceptors (Lipinski definition) is 3. The molecule has 0 fully saturated rings. The van der Waals surface area contributed by atoms with Crippen LogP contribution in [0.25, 0.3) is 11.2 Å². The fraction of sp³-hybridized carbons (Fsp3) is 0.462. The van der Waals surface area contributed by atoms with Crippen molar-refractivity contribution in [2.45, 2.75) is 32.9 Å². The number of alkyl halides is 1. The van der Waals surface area contributed by atoms with Crippen LogP contribution in [0.2, 0.25) is 0 Å². The zero-order chi connectivity index (χ0) is 13.8. The molecule has 2 rings (SSSR count). The largest absolute Gasteiger partial charge is 0.352 e. The predicted octanol–water partition coefficient (Wildman–Crippen LogP) is 1.74. The van der Waals surface area contributed by atoms with E-state index in [9.17, 15) is 4.79 Å². The van der Waals surface area contributed by atoms with Gasteiger partial charge in [0.1, 0.15) is 17.9 Å². The summed E-state index contributed by atoms with van der Waals surface area (Å²) in [6, 6.07) is 3.83. The number of nitrogens with one attached hydrogen (secondary N) is 1. The summed E-state index contributed by atoms with van der Waals surface area (Å²) in [7, 11) is 0. The minimum atomic E-state index is -0.0456. The molecular formula is C13H17ClN4O. The van der Waals surface area contributed by atoms with Crippen LogP contribution in [0.15, 0.2) is 18.3 Å². The van der Waals surface area contributed by atoms with E-state index in [0.29, 0.717) is 12.3 Å². The SMILES string of the molecule is CC(C)NC(=O)Cn1c(CCCl)nc2cccnc21. The first-order chi connectivity index (χ1) is 9.11. The Balaban J connectivity index is 2.33. The van der Waals surface area contributed by atoms with Crippen molar-refractivity contribution in [1.82, 2.24) is 19.9 Å². The topological polar surface area (TPSA) is 59.8 Å². The van der Waals surface area contributed by atoms with E-state index < -0.39 is 0 Å². The summed E-state index contributed by atoms with van der Waals surface area (Å²) >= 11 is 5.78. The van der Waals surface area contributed by atoms with Gasteiger partial charge in [-0.15, -0.1) is 11.6 Å². The van der Waals surface area contributed by atoms with Gasteiger partial charge in [-0.05, 0) is 26.0 Å². The van der Waals surface area contributed by atoms with Gasteiger partial charge in [0.15, 0.2) is 5.65 Å². The zero-order valence-electron chi connectivity index (χ0n) is 11.1. The summed E-state index contributed by atoms with van der Waals surface area (Å²) in [4.78, 5) is 20.7. The molecule has 0 spiro atoms. The molecule has 0 radical (unpaired) electrons. The van der Waals surface area contributed by atoms with Crippen LogP contribution in [0.5, 0.6) is 0 Å². The molecule has 1 amide bonds. The Labute approximate surface area is 117 Å². The highest BCUT2D eigenvalue weighted by atomic mass is 35.5. The second-order valence-corrected chi connectivity index (χ2v) is 5.00. The summed E-state index contributed by atoms with van der Waals surface area (Å²) < 4.78 is 1.83. The predicted molar refractivity (Wildman–Crippen MR) is 75.2 cm³/mol. The van der Waals surface area contributed by atoms with Gasteiger partial charge in [0.2, 0.25) is 5.91 Å². The molecular weight excluding hydrogens is 264 g/mol. The Hall–Kier alpha value is -1.62. The number of hydrogen-bond donors (Lipinski definition) is 1. The molecule has 2 aromatic heterocycles. The van der Waals surface area contributed by atoms with Crippen molar-refractivity contribution in [3.63, 3.8) is 0 Å². The fourth-order valence-corrected chi connectivity index (χ4v) is 2.13. The first-order valence-electron chi connectivity index (χ1n) is 6.27. The van der Waals surface area contributed by atoms with Crippen molar-refractivity contribution in [2.75, 3.05) is 5.88 Å². The molecule has 102 valence electrons. The van der Waals surface area contributed by atoms with Gasteiger partial charge >= 0.3 is 0 Å². The third-order valence-corrected chi connectivity index (χ3v) is 2.84. The Kier molecular flexibility index (Phi) is 4.37. The van der Waals surface area contributed by atoms with E-state index in [2.05, 4.69) is 15.3 Å². The molecule has 0 saturated heterocycles. The number of fused-ring (bicyclic) bond motifs is 1. The van der Waals surface area contributed by atoms with Crippen LogP contribution < -0.4 is 5.32 Å². The number of carbonyl (C=O) groups excluding carboxylic acids is 1. The van der Waals surface area contributed by atoms with E-state index in [1.54, 1.807) is 6.20 Å². The van der Waals surface area contributed by atoms with Gasteiger partial charge in [0.05, 0.1) is 0 Å². The fourth-order valence-electron chi connectivity index (χ4n) is 1.96. The van der Waals surface area contributed by atoms with Crippen molar-refractivity contribution in [1.29, 1.82) is 0 Å². The van der Waals surface area contributed by atoms with Gasteiger partial charge in [-0.2, -0.15) is 0 Å². The van der Waals surface area contributed by atoms with E-state index in [0.717, 1.165) is 17.0 Å². The second kappa shape index (κ2) is 6.02. The Morgan fingerprint density at radius 2 is 2.32 bits per heavy atom. The maximum Gasteiger partial charge on any atom is 0.240 e. The van der Waals surface area contributed by atoms with Crippen LogP contribution >= 0.6 is 11.6 Å². The van der Waals surface area contributed by atoms with Crippen LogP contribution in [0.4, 0.5) is 0 Å². The summed E-state index contributed by atoms with van der Waals surface area (Å²) in [5.41, 5.74) is 1.52. The lowest BCUT2D eigenvalue weighted by atomic mass is 10.3. The van der Waals surface area contributed by atoms with E-state index in [4.69, 9.17) is 11.6 Å². The Morgan fingerprint density at radius 3 is 3.00 bits per heavy atom. The van der Waals surface area contributed by atoms with Crippen LogP contribution in [0.3, 0.4) is 0 Å². The minimum absolute atomic E-state index is 0.0456. The molecule has 19 heavy (non-hydrogen) atoms. The van der Waals surface area contributed by atoms with Crippen LogP contribution in [0.1, 0.15) is 19.7 Å². The third-order valence-electron chi connectivity index (χ3n) is 2.65. The maximum atomic E-state index is 11.9. The summed E-state index contributed by atoms with van der Waals surface area (Å²) in [6.07, 6.45) is 2.32. The monoisotopic (exact) mass is 280 g/mol. The van der Waals surface area contributed by atoms with Gasteiger partial charge in [-0.1, -0.05) is 0 Å². The molecule has 0 bridgehead atoms. The first kappa shape index (κ1) is 13.8. The zero-order valence-corrected chi connectivity index (χ0v) is 11.8. The van der Waals surface area contributed by atoms with Gasteiger partial charge < -0.3 is 9.88 Å². The van der Waals surface area contributed by atoms with E-state index in [1.807, 2.05) is 30.5 Å². The average Bonchev–Trinajstić information content (AvgIpc) is 2.67. The molecule has 0 atom stereocenters. The number of aromatic nitrogens is 3. The van der Waals surface area contributed by atoms with Gasteiger partial charge in [-0.25, -0.2) is 9.97 Å². The lowest BCUT2D eigenvalue weighted by Gasteiger charge is -2.11. The van der Waals surface area contributed by atoms with Crippen molar-refractivity contribution >= 4 is 28.7 Å². The van der Waals surface area contributed by atoms with Crippen LogP contribution in [-0.2, 0) is 17.8 Å². The number of amides is 1. The quantitative estimate of drug-likeness (QED) is 0.849. The summed E-state index contributed by atoms with van der Waals surface area (Å²) in [5.74, 6) is 1.22. The number of halogens is 1. The molecule has 0 saturated carbocycles. The lowest BCUT2D eigenvalue weighted by molar-refractivity contribution is -0.122. The van der Waals surface area contributed by atoms with E-state index in [1.165, 1.54) is 0 Å². The molecule has 6 heteroatoms. The number of aryl methyl sites for hydroxylation is 1. The molecule has 0 aliphatic heterocycles. The molecule has 0 unspecified atom stereocenters. The minimum Gasteiger partial charge on any atom is -0.352 e. The van der Waals surface area contributed by atoms with Crippen molar-refractivity contribution in [3.05, 3.63) is 24.2 Å². The van der Waals surface area contributed by atoms with E-state index >= 15 is 0 Å². The molecule has 0 aliphatic rings. The molecule has 0 aromatic carbocycles. The highest BCUT2D eigenvalue weighted by Crippen LogP contribution is 2.14. The first-order valence-corrected chi connectivity index (χ1v) is 6.80. The number of nitrogens with zero attached hydrogens (tertiary/aromatic N) is 3. The Bertz CT molecular complexity index is 579. The van der Waals surface area contributed by atoms with E-state index in [-0.39, 0.29) is 18.5 Å². The standard InChI is InChI=1S/C13H17ClN4O/c1-9(2)16-12(19)8-18-11(5-6-14)17-10-4-3-7-15-13(10)18/h3-4,7,9H,5-6,8H2,1-2H3,(H,16,19). The third kappa shape index (κ3) is 3.23. The van der Waals surface area contributed by atoms with Gasteiger partial charge in [-0.3, -0.25) is 4.79 Å². The molecule has 2 heterocycles. The molecule has 5 nitrogen and oxygen atoms in total. The van der Waals surface area contributed by atoms with Crippen molar-refractivity contribution in [3.8, 4) is 0 Å². The summed E-state index contributed by atoms with van der Waals surface area (Å²) in [6.45, 7) is 4.08. The van der Waals surface area contributed by atoms with Gasteiger partial charge in [0, 0.05) is 24.5 Å². The highest BCUT2D eigenvalue weighted by Gasteiger charge is 2.14. The normalized spacial score (nSPS) is 11.2. The van der Waals surface area contributed by atoms with Crippen LogP contribution in [-0.4, -0.2) is 32.4 Å². The second-order valence-electron chi connectivity index (χ2n) is 4.62. The number of pyridine rings is 1. The van der Waals surface area contributed by atoms with Crippen LogP contribution in [0, 0.1) is 0 Å². The number of carbonyl (C=O) groups is 1. The molecule has 2 aromatic rings. The van der Waals surface area contributed by atoms with Crippen molar-refractivity contribution < 1.29 is 4.79 Å². The summed E-state index contributed by atoms with van der Waals surface area (Å²) in [5, 5.41) is 2.87. The number of imidazole rings is 1. The Morgan fingerprint density at radius 1 is 1.53 bits per heavy atom. The molecule has 0 aliphatic carbocycles. The molecule has 1 N–H and O–H groups in total. The van der Waals surface area contributed by atoms with Crippen molar-refractivity contribution in [2.24, 2.45) is 0 Å². The van der Waals surface area contributed by atoms with Gasteiger partial charge in [0.25, 0.3) is 0 Å². The number of rotatable bonds is 5. The highest BCUT2D eigenvalue weighted by molar-refractivity contribution is 6.17. The smallest absolute Gasteiger partial charge is 0.240 e. The maximum absolute atomic E-state index is 11.9. The lowest BCUT2D eigenvalue weighted by Crippen LogP contribution is -2.33.